The number of rotatable bonds is 4. The van der Waals surface area contributed by atoms with Gasteiger partial charge in [0.05, 0.1) is 6.61 Å². The molecule has 0 aliphatic carbocycles. The summed E-state index contributed by atoms with van der Waals surface area (Å²) in [5.74, 6) is 0.816. The second-order valence-electron chi connectivity index (χ2n) is 8.88. The summed E-state index contributed by atoms with van der Waals surface area (Å²) in [4.78, 5) is 19.4. The number of likely N-dealkylation sites (tertiary alicyclic amines) is 2. The maximum atomic E-state index is 12.1. The summed E-state index contributed by atoms with van der Waals surface area (Å²) in [6, 6.07) is 12.3. The molecule has 3 saturated heterocycles. The van der Waals surface area contributed by atoms with E-state index in [0.717, 1.165) is 31.8 Å². The van der Waals surface area contributed by atoms with Gasteiger partial charge in [0.1, 0.15) is 0 Å². The Balaban J connectivity index is 1.29. The summed E-state index contributed by atoms with van der Waals surface area (Å²) in [5.41, 5.74) is 1.40. The van der Waals surface area contributed by atoms with E-state index in [4.69, 9.17) is 4.74 Å². The molecule has 5 heteroatoms. The smallest absolute Gasteiger partial charge is 0.409 e. The fourth-order valence-corrected chi connectivity index (χ4v) is 5.73. The molecule has 1 aromatic carbocycles. The highest BCUT2D eigenvalue weighted by molar-refractivity contribution is 5.67. The summed E-state index contributed by atoms with van der Waals surface area (Å²) in [6.07, 6.45) is 8.55. The minimum absolute atomic E-state index is 0.130. The normalized spacial score (nSPS) is 27.1. The van der Waals surface area contributed by atoms with Crippen LogP contribution in [0.25, 0.3) is 0 Å². The zero-order valence-corrected chi connectivity index (χ0v) is 18.0. The molecular formula is C24H37N3O2. The van der Waals surface area contributed by atoms with Crippen LogP contribution in [0, 0.1) is 5.92 Å². The van der Waals surface area contributed by atoms with Crippen molar-refractivity contribution in [2.75, 3.05) is 44.2 Å². The fourth-order valence-electron chi connectivity index (χ4n) is 5.73. The first-order chi connectivity index (χ1) is 14.3. The Morgan fingerprint density at radius 1 is 0.931 bits per heavy atom. The van der Waals surface area contributed by atoms with Crippen molar-refractivity contribution in [1.82, 2.24) is 9.80 Å². The van der Waals surface area contributed by atoms with E-state index >= 15 is 0 Å². The van der Waals surface area contributed by atoms with E-state index in [1.54, 1.807) is 0 Å². The Morgan fingerprint density at radius 3 is 2.45 bits per heavy atom. The highest BCUT2D eigenvalue weighted by Gasteiger charge is 2.35. The molecule has 3 aliphatic rings. The number of nitrogens with zero attached hydrogens (tertiary/aromatic N) is 3. The Bertz CT molecular complexity index is 645. The quantitative estimate of drug-likeness (QED) is 0.753. The standard InChI is InChI=1S/C24H37N3O2/c1-2-29-24(28)26-15-6-10-21(14-19-26)25-17-12-20(13-18-25)23-11-7-16-27(23)22-8-4-3-5-9-22/h3-5,8-9,20-21,23H,2,6-7,10-19H2,1H3. The first-order valence-electron chi connectivity index (χ1n) is 11.7. The molecule has 3 aliphatic heterocycles. The van der Waals surface area contributed by atoms with Crippen molar-refractivity contribution in [2.24, 2.45) is 5.92 Å². The van der Waals surface area contributed by atoms with Gasteiger partial charge in [-0.15, -0.1) is 0 Å². The first-order valence-corrected chi connectivity index (χ1v) is 11.7. The maximum Gasteiger partial charge on any atom is 0.409 e. The van der Waals surface area contributed by atoms with Crippen LogP contribution >= 0.6 is 0 Å². The van der Waals surface area contributed by atoms with Gasteiger partial charge in [0.25, 0.3) is 0 Å². The van der Waals surface area contributed by atoms with E-state index in [2.05, 4.69) is 40.1 Å². The van der Waals surface area contributed by atoms with Gasteiger partial charge in [-0.2, -0.15) is 0 Å². The van der Waals surface area contributed by atoms with Crippen molar-refractivity contribution in [3.63, 3.8) is 0 Å². The number of anilines is 1. The molecule has 0 bridgehead atoms. The second-order valence-corrected chi connectivity index (χ2v) is 8.88. The molecule has 5 nitrogen and oxygen atoms in total. The van der Waals surface area contributed by atoms with E-state index in [-0.39, 0.29) is 6.09 Å². The molecular weight excluding hydrogens is 362 g/mol. The molecule has 0 saturated carbocycles. The molecule has 1 aromatic rings. The van der Waals surface area contributed by atoms with Gasteiger partial charge < -0.3 is 19.4 Å². The highest BCUT2D eigenvalue weighted by Crippen LogP contribution is 2.35. The van der Waals surface area contributed by atoms with Crippen LogP contribution in [0.4, 0.5) is 10.5 Å². The molecule has 3 heterocycles. The van der Waals surface area contributed by atoms with Gasteiger partial charge >= 0.3 is 6.09 Å². The molecule has 2 unspecified atom stereocenters. The molecule has 2 atom stereocenters. The number of para-hydroxylation sites is 1. The number of amides is 1. The van der Waals surface area contributed by atoms with Gasteiger partial charge in [0, 0.05) is 37.4 Å². The summed E-state index contributed by atoms with van der Waals surface area (Å²) in [6.45, 7) is 7.68. The minimum Gasteiger partial charge on any atom is -0.450 e. The number of hydrogen-bond donors (Lipinski definition) is 0. The highest BCUT2D eigenvalue weighted by atomic mass is 16.6. The van der Waals surface area contributed by atoms with Crippen LogP contribution in [0.5, 0.6) is 0 Å². The largest absolute Gasteiger partial charge is 0.450 e. The Kier molecular flexibility index (Phi) is 6.96. The minimum atomic E-state index is -0.130. The molecule has 3 fully saturated rings. The van der Waals surface area contributed by atoms with Crippen molar-refractivity contribution < 1.29 is 9.53 Å². The molecule has 0 aromatic heterocycles. The summed E-state index contributed by atoms with van der Waals surface area (Å²) in [7, 11) is 0. The second kappa shape index (κ2) is 9.84. The SMILES string of the molecule is CCOC(=O)N1CCCC(N2CCC(C3CCCN3c3ccccc3)CC2)CC1. The molecule has 4 rings (SSSR count). The zero-order chi connectivity index (χ0) is 20.1. The van der Waals surface area contributed by atoms with Crippen molar-refractivity contribution in [2.45, 2.75) is 64.0 Å². The Morgan fingerprint density at radius 2 is 1.69 bits per heavy atom. The number of carbonyl (C=O) groups is 1. The van der Waals surface area contributed by atoms with Gasteiger partial charge in [-0.3, -0.25) is 0 Å². The van der Waals surface area contributed by atoms with Crippen LogP contribution < -0.4 is 4.90 Å². The van der Waals surface area contributed by atoms with E-state index in [1.807, 2.05) is 11.8 Å². The predicted octanol–water partition coefficient (Wildman–Crippen LogP) is 4.38. The monoisotopic (exact) mass is 399 g/mol. The van der Waals surface area contributed by atoms with E-state index in [9.17, 15) is 4.79 Å². The van der Waals surface area contributed by atoms with Crippen molar-refractivity contribution in [3.05, 3.63) is 30.3 Å². The zero-order valence-electron chi connectivity index (χ0n) is 18.0. The van der Waals surface area contributed by atoms with Crippen LogP contribution in [-0.2, 0) is 4.74 Å². The topological polar surface area (TPSA) is 36.0 Å². The number of piperidine rings is 1. The van der Waals surface area contributed by atoms with Crippen molar-refractivity contribution in [1.29, 1.82) is 0 Å². The van der Waals surface area contributed by atoms with E-state index in [0.29, 0.717) is 18.7 Å². The fraction of sp³-hybridized carbons (Fsp3) is 0.708. The molecule has 29 heavy (non-hydrogen) atoms. The summed E-state index contributed by atoms with van der Waals surface area (Å²) < 4.78 is 5.20. The molecule has 160 valence electrons. The molecule has 0 N–H and O–H groups in total. The number of carbonyl (C=O) groups excluding carboxylic acids is 1. The van der Waals surface area contributed by atoms with Crippen LogP contribution in [0.2, 0.25) is 0 Å². The Labute approximate surface area is 176 Å². The number of ether oxygens (including phenoxy) is 1. The van der Waals surface area contributed by atoms with Gasteiger partial charge in [-0.1, -0.05) is 18.2 Å². The molecule has 1 amide bonds. The van der Waals surface area contributed by atoms with Crippen molar-refractivity contribution in [3.8, 4) is 0 Å². The van der Waals surface area contributed by atoms with Gasteiger partial charge in [-0.25, -0.2) is 4.79 Å². The number of hydrogen-bond acceptors (Lipinski definition) is 4. The summed E-state index contributed by atoms with van der Waals surface area (Å²) in [5, 5.41) is 0. The first kappa shape index (κ1) is 20.5. The van der Waals surface area contributed by atoms with Crippen LogP contribution in [0.1, 0.15) is 51.9 Å². The molecule has 0 spiro atoms. The van der Waals surface area contributed by atoms with Gasteiger partial charge in [-0.05, 0) is 83.0 Å². The lowest BCUT2D eigenvalue weighted by atomic mass is 9.86. The molecule has 0 radical (unpaired) electrons. The van der Waals surface area contributed by atoms with E-state index < -0.39 is 0 Å². The van der Waals surface area contributed by atoms with Crippen LogP contribution in [0.15, 0.2) is 30.3 Å². The van der Waals surface area contributed by atoms with Gasteiger partial charge in [0.2, 0.25) is 0 Å². The van der Waals surface area contributed by atoms with E-state index in [1.165, 1.54) is 57.4 Å². The van der Waals surface area contributed by atoms with Crippen LogP contribution in [-0.4, -0.2) is 67.3 Å². The lowest BCUT2D eigenvalue weighted by molar-refractivity contribution is 0.101. The average Bonchev–Trinajstić information content (AvgIpc) is 3.12. The summed E-state index contributed by atoms with van der Waals surface area (Å²) >= 11 is 0. The van der Waals surface area contributed by atoms with Crippen molar-refractivity contribution >= 4 is 11.8 Å². The maximum absolute atomic E-state index is 12.1. The third-order valence-corrected chi connectivity index (χ3v) is 7.25. The number of benzene rings is 1. The lowest BCUT2D eigenvalue weighted by Crippen LogP contribution is -2.46. The lowest BCUT2D eigenvalue weighted by Gasteiger charge is -2.41. The third-order valence-electron chi connectivity index (χ3n) is 7.25. The average molecular weight is 400 g/mol. The van der Waals surface area contributed by atoms with Gasteiger partial charge in [0.15, 0.2) is 0 Å². The third kappa shape index (κ3) is 4.88. The predicted molar refractivity (Wildman–Crippen MR) is 117 cm³/mol. The van der Waals surface area contributed by atoms with Crippen LogP contribution in [0.3, 0.4) is 0 Å². The Hall–Kier alpha value is -1.75.